The van der Waals surface area contributed by atoms with E-state index in [0.29, 0.717) is 28.9 Å². The van der Waals surface area contributed by atoms with Gasteiger partial charge in [-0.3, -0.25) is 4.79 Å². The lowest BCUT2D eigenvalue weighted by Gasteiger charge is -2.35. The highest BCUT2D eigenvalue weighted by molar-refractivity contribution is 5.92. The summed E-state index contributed by atoms with van der Waals surface area (Å²) in [6.07, 6.45) is 2.40. The quantitative estimate of drug-likeness (QED) is 0.786. The Labute approximate surface area is 155 Å². The lowest BCUT2D eigenvalue weighted by atomic mass is 9.78. The first-order valence-corrected chi connectivity index (χ1v) is 9.10. The van der Waals surface area contributed by atoms with Crippen molar-refractivity contribution in [3.8, 4) is 11.5 Å². The molecule has 1 fully saturated rings. The van der Waals surface area contributed by atoms with Crippen molar-refractivity contribution in [3.05, 3.63) is 23.8 Å². The molecule has 1 aliphatic carbocycles. The first kappa shape index (κ1) is 20.1. The third kappa shape index (κ3) is 4.68. The highest BCUT2D eigenvalue weighted by atomic mass is 16.5. The topological polar surface area (TPSA) is 73.9 Å². The van der Waals surface area contributed by atoms with Gasteiger partial charge in [-0.15, -0.1) is 0 Å². The number of carbonyl (C=O) groups is 2. The first-order chi connectivity index (χ1) is 12.4. The van der Waals surface area contributed by atoms with E-state index in [1.54, 1.807) is 19.1 Å². The van der Waals surface area contributed by atoms with E-state index in [0.717, 1.165) is 12.8 Å². The molecular weight excluding hydrogens is 334 g/mol. The second-order valence-electron chi connectivity index (χ2n) is 7.00. The molecule has 1 saturated carbocycles. The van der Waals surface area contributed by atoms with Crippen LogP contribution in [0.4, 0.5) is 0 Å². The van der Waals surface area contributed by atoms with Gasteiger partial charge in [-0.05, 0) is 43.4 Å². The van der Waals surface area contributed by atoms with Crippen LogP contribution in [-0.4, -0.2) is 38.2 Å². The SMILES string of the molecule is COc1ccc(C(=O)O[C@H](C)C(=O)N[C@@H]2CCC[C@H](C)[C@H]2C)cc1OC. The molecule has 4 atom stereocenters. The molecule has 0 saturated heterocycles. The number of methoxy groups -OCH3 is 2. The van der Waals surface area contributed by atoms with Crippen LogP contribution in [0, 0.1) is 11.8 Å². The summed E-state index contributed by atoms with van der Waals surface area (Å²) < 4.78 is 15.7. The number of hydrogen-bond donors (Lipinski definition) is 1. The normalized spacial score (nSPS) is 23.7. The summed E-state index contributed by atoms with van der Waals surface area (Å²) in [5, 5.41) is 3.04. The van der Waals surface area contributed by atoms with Crippen LogP contribution in [0.5, 0.6) is 11.5 Å². The molecular formula is C20H29NO5. The lowest BCUT2D eigenvalue weighted by molar-refractivity contribution is -0.130. The highest BCUT2D eigenvalue weighted by Gasteiger charge is 2.30. The predicted octanol–water partition coefficient (Wildman–Crippen LogP) is 3.19. The second-order valence-corrected chi connectivity index (χ2v) is 7.00. The molecule has 0 aliphatic heterocycles. The van der Waals surface area contributed by atoms with Crippen LogP contribution in [0.1, 0.15) is 50.4 Å². The van der Waals surface area contributed by atoms with Crippen molar-refractivity contribution >= 4 is 11.9 Å². The van der Waals surface area contributed by atoms with Crippen molar-refractivity contribution in [1.29, 1.82) is 0 Å². The van der Waals surface area contributed by atoms with E-state index in [1.165, 1.54) is 26.7 Å². The predicted molar refractivity (Wildman–Crippen MR) is 98.5 cm³/mol. The molecule has 1 aliphatic rings. The average molecular weight is 363 g/mol. The fraction of sp³-hybridized carbons (Fsp3) is 0.600. The van der Waals surface area contributed by atoms with Crippen LogP contribution < -0.4 is 14.8 Å². The zero-order chi connectivity index (χ0) is 19.3. The zero-order valence-corrected chi connectivity index (χ0v) is 16.2. The minimum Gasteiger partial charge on any atom is -0.493 e. The smallest absolute Gasteiger partial charge is 0.339 e. The number of rotatable bonds is 6. The number of amides is 1. The van der Waals surface area contributed by atoms with Gasteiger partial charge in [0.15, 0.2) is 17.6 Å². The molecule has 1 aromatic rings. The van der Waals surface area contributed by atoms with Gasteiger partial charge in [0.05, 0.1) is 19.8 Å². The molecule has 144 valence electrons. The van der Waals surface area contributed by atoms with Gasteiger partial charge in [-0.1, -0.05) is 26.7 Å². The molecule has 0 unspecified atom stereocenters. The third-order valence-corrected chi connectivity index (χ3v) is 5.31. The zero-order valence-electron chi connectivity index (χ0n) is 16.2. The number of benzene rings is 1. The maximum absolute atomic E-state index is 12.4. The Hall–Kier alpha value is -2.24. The van der Waals surface area contributed by atoms with Crippen molar-refractivity contribution in [2.75, 3.05) is 14.2 Å². The summed E-state index contributed by atoms with van der Waals surface area (Å²) in [5.74, 6) is 1.13. The van der Waals surface area contributed by atoms with Gasteiger partial charge in [-0.2, -0.15) is 0 Å². The van der Waals surface area contributed by atoms with Crippen LogP contribution in [0.15, 0.2) is 18.2 Å². The molecule has 0 spiro atoms. The van der Waals surface area contributed by atoms with Gasteiger partial charge in [0.1, 0.15) is 0 Å². The third-order valence-electron chi connectivity index (χ3n) is 5.31. The van der Waals surface area contributed by atoms with Crippen LogP contribution in [-0.2, 0) is 9.53 Å². The van der Waals surface area contributed by atoms with Gasteiger partial charge in [0.25, 0.3) is 5.91 Å². The Bertz CT molecular complexity index is 645. The molecule has 0 heterocycles. The lowest BCUT2D eigenvalue weighted by Crippen LogP contribution is -2.47. The van der Waals surface area contributed by atoms with Gasteiger partial charge in [0.2, 0.25) is 0 Å². The van der Waals surface area contributed by atoms with Gasteiger partial charge < -0.3 is 19.5 Å². The number of nitrogens with one attached hydrogen (secondary N) is 1. The van der Waals surface area contributed by atoms with Crippen LogP contribution in [0.25, 0.3) is 0 Å². The first-order valence-electron chi connectivity index (χ1n) is 9.10. The van der Waals surface area contributed by atoms with E-state index in [9.17, 15) is 9.59 Å². The van der Waals surface area contributed by atoms with Crippen LogP contribution in [0.3, 0.4) is 0 Å². The standard InChI is InChI=1S/C20H29NO5/c1-12-7-6-8-16(13(12)2)21-19(22)14(3)26-20(23)15-9-10-17(24-4)18(11-15)25-5/h9-14,16H,6-8H2,1-5H3,(H,21,22)/t12-,13+,14+,16+/m0/s1. The van der Waals surface area contributed by atoms with E-state index in [-0.39, 0.29) is 11.9 Å². The molecule has 26 heavy (non-hydrogen) atoms. The molecule has 1 amide bonds. The minimum atomic E-state index is -0.861. The Morgan fingerprint density at radius 1 is 1.12 bits per heavy atom. The van der Waals surface area contributed by atoms with Gasteiger partial charge in [-0.25, -0.2) is 4.79 Å². The number of esters is 1. The molecule has 0 bridgehead atoms. The fourth-order valence-corrected chi connectivity index (χ4v) is 3.33. The van der Waals surface area contributed by atoms with E-state index in [2.05, 4.69) is 19.2 Å². The van der Waals surface area contributed by atoms with Crippen molar-refractivity contribution in [3.63, 3.8) is 0 Å². The molecule has 2 rings (SSSR count). The van der Waals surface area contributed by atoms with Crippen LogP contribution in [0.2, 0.25) is 0 Å². The maximum atomic E-state index is 12.4. The Morgan fingerprint density at radius 3 is 2.46 bits per heavy atom. The van der Waals surface area contributed by atoms with E-state index < -0.39 is 12.1 Å². The molecule has 6 heteroatoms. The van der Waals surface area contributed by atoms with Crippen molar-refractivity contribution in [1.82, 2.24) is 5.32 Å². The van der Waals surface area contributed by atoms with Gasteiger partial charge >= 0.3 is 5.97 Å². The summed E-state index contributed by atoms with van der Waals surface area (Å²) in [7, 11) is 3.02. The molecule has 0 radical (unpaired) electrons. The number of ether oxygens (including phenoxy) is 3. The molecule has 0 aromatic heterocycles. The van der Waals surface area contributed by atoms with Gasteiger partial charge in [0, 0.05) is 6.04 Å². The fourth-order valence-electron chi connectivity index (χ4n) is 3.33. The Morgan fingerprint density at radius 2 is 1.81 bits per heavy atom. The molecule has 1 aromatic carbocycles. The summed E-state index contributed by atoms with van der Waals surface area (Å²) >= 11 is 0. The summed E-state index contributed by atoms with van der Waals surface area (Å²) in [6, 6.07) is 4.88. The average Bonchev–Trinajstić information content (AvgIpc) is 2.64. The van der Waals surface area contributed by atoms with E-state index in [1.807, 2.05) is 0 Å². The highest BCUT2D eigenvalue weighted by Crippen LogP contribution is 2.30. The number of hydrogen-bond acceptors (Lipinski definition) is 5. The second kappa shape index (κ2) is 8.92. The summed E-state index contributed by atoms with van der Waals surface area (Å²) in [6.45, 7) is 5.96. The van der Waals surface area contributed by atoms with E-state index in [4.69, 9.17) is 14.2 Å². The molecule has 1 N–H and O–H groups in total. The van der Waals surface area contributed by atoms with Crippen molar-refractivity contribution < 1.29 is 23.8 Å². The largest absolute Gasteiger partial charge is 0.493 e. The van der Waals surface area contributed by atoms with Crippen molar-refractivity contribution in [2.45, 2.75) is 52.2 Å². The van der Waals surface area contributed by atoms with Crippen LogP contribution >= 0.6 is 0 Å². The summed E-state index contributed by atoms with van der Waals surface area (Å²) in [5.41, 5.74) is 0.307. The Balaban J connectivity index is 1.96. The van der Waals surface area contributed by atoms with E-state index >= 15 is 0 Å². The Kier molecular flexibility index (Phi) is 6.89. The minimum absolute atomic E-state index is 0.133. The molecule has 6 nitrogen and oxygen atoms in total. The number of carbonyl (C=O) groups excluding carboxylic acids is 2. The monoisotopic (exact) mass is 363 g/mol. The summed E-state index contributed by atoms with van der Waals surface area (Å²) in [4.78, 5) is 24.8. The maximum Gasteiger partial charge on any atom is 0.339 e. The van der Waals surface area contributed by atoms with Crippen molar-refractivity contribution in [2.24, 2.45) is 11.8 Å².